The summed E-state index contributed by atoms with van der Waals surface area (Å²) in [6.45, 7) is 1.68. The van der Waals surface area contributed by atoms with Gasteiger partial charge in [-0.3, -0.25) is 0 Å². The Kier molecular flexibility index (Phi) is 4.27. The number of methoxy groups -OCH3 is 2. The first kappa shape index (κ1) is 14.6. The summed E-state index contributed by atoms with van der Waals surface area (Å²) in [6, 6.07) is 2.57. The van der Waals surface area contributed by atoms with Gasteiger partial charge in [0.25, 0.3) is 0 Å². The van der Waals surface area contributed by atoms with Crippen molar-refractivity contribution in [2.45, 2.75) is 13.5 Å². The molecule has 0 fully saturated rings. The molecule has 0 atom stereocenters. The molecule has 21 heavy (non-hydrogen) atoms. The predicted molar refractivity (Wildman–Crippen MR) is 67.2 cm³/mol. The fraction of sp³-hybridized carbons (Fsp3) is 0.308. The van der Waals surface area contributed by atoms with Gasteiger partial charge in [0.2, 0.25) is 17.5 Å². The number of carbonyl (C=O) groups excluding carboxylic acids is 1. The third kappa shape index (κ3) is 3.22. The Hall–Kier alpha value is -2.77. The Balaban J connectivity index is 2.30. The van der Waals surface area contributed by atoms with Crippen molar-refractivity contribution < 1.29 is 28.6 Å². The lowest BCUT2D eigenvalue weighted by molar-refractivity contribution is -0.255. The van der Waals surface area contributed by atoms with E-state index in [0.717, 1.165) is 0 Å². The van der Waals surface area contributed by atoms with Crippen LogP contribution in [0, 0.1) is 6.92 Å². The number of benzene rings is 1. The normalized spacial score (nSPS) is 10.2. The van der Waals surface area contributed by atoms with Crippen molar-refractivity contribution in [2.24, 2.45) is 0 Å². The molecule has 0 aliphatic carbocycles. The monoisotopic (exact) mass is 293 g/mol. The minimum Gasteiger partial charge on any atom is -0.545 e. The van der Waals surface area contributed by atoms with E-state index in [0.29, 0.717) is 11.7 Å². The molecular weight excluding hydrogens is 280 g/mol. The first-order chi connectivity index (χ1) is 10.0. The highest BCUT2D eigenvalue weighted by Crippen LogP contribution is 2.38. The summed E-state index contributed by atoms with van der Waals surface area (Å²) in [5, 5.41) is 14.6. The molecule has 0 N–H and O–H groups in total. The van der Waals surface area contributed by atoms with Crippen molar-refractivity contribution in [1.29, 1.82) is 0 Å². The van der Waals surface area contributed by atoms with Crippen molar-refractivity contribution in [2.75, 3.05) is 14.2 Å². The van der Waals surface area contributed by atoms with Crippen LogP contribution in [0.1, 0.15) is 22.1 Å². The molecule has 8 nitrogen and oxygen atoms in total. The molecule has 0 radical (unpaired) electrons. The Morgan fingerprint density at radius 1 is 1.29 bits per heavy atom. The minimum atomic E-state index is -1.34. The van der Waals surface area contributed by atoms with Gasteiger partial charge in [0, 0.05) is 12.5 Å². The molecule has 0 saturated carbocycles. The number of carboxylic acid groups (broad SMARTS) is 1. The highest BCUT2D eigenvalue weighted by atomic mass is 16.5. The van der Waals surface area contributed by atoms with Gasteiger partial charge < -0.3 is 28.6 Å². The second-order valence-corrected chi connectivity index (χ2v) is 4.02. The number of carbonyl (C=O) groups is 1. The molecule has 0 aliphatic heterocycles. The maximum Gasteiger partial charge on any atom is 0.223 e. The summed E-state index contributed by atoms with van der Waals surface area (Å²) in [5.41, 5.74) is -0.0774. The van der Waals surface area contributed by atoms with Crippen molar-refractivity contribution in [3.63, 3.8) is 0 Å². The van der Waals surface area contributed by atoms with E-state index >= 15 is 0 Å². The Bertz CT molecular complexity index is 627. The van der Waals surface area contributed by atoms with Crippen LogP contribution < -0.4 is 19.3 Å². The summed E-state index contributed by atoms with van der Waals surface area (Å²) < 4.78 is 20.6. The fourth-order valence-electron chi connectivity index (χ4n) is 1.68. The number of aromatic nitrogens is 2. The maximum absolute atomic E-state index is 10.9. The number of hydrogen-bond donors (Lipinski definition) is 0. The van der Waals surface area contributed by atoms with Gasteiger partial charge in [-0.25, -0.2) is 0 Å². The standard InChI is InChI=1S/C13H14N2O6/c1-7-14-11(15-21-7)6-20-12-9(18-2)4-8(13(16)17)5-10(12)19-3/h4-5H,6H2,1-3H3,(H,16,17)/p-1. The maximum atomic E-state index is 10.9. The van der Waals surface area contributed by atoms with Crippen LogP contribution in [0.4, 0.5) is 0 Å². The van der Waals surface area contributed by atoms with E-state index in [1.165, 1.54) is 26.4 Å². The molecule has 0 spiro atoms. The van der Waals surface area contributed by atoms with Gasteiger partial charge in [0.15, 0.2) is 18.1 Å². The topological polar surface area (TPSA) is 107 Å². The van der Waals surface area contributed by atoms with Gasteiger partial charge in [-0.2, -0.15) is 4.98 Å². The molecule has 0 unspecified atom stereocenters. The lowest BCUT2D eigenvalue weighted by atomic mass is 10.2. The first-order valence-corrected chi connectivity index (χ1v) is 5.94. The van der Waals surface area contributed by atoms with Gasteiger partial charge in [-0.15, -0.1) is 0 Å². The van der Waals surface area contributed by atoms with Crippen LogP contribution in [0.15, 0.2) is 16.7 Å². The van der Waals surface area contributed by atoms with E-state index in [-0.39, 0.29) is 29.4 Å². The second kappa shape index (κ2) is 6.12. The molecule has 0 saturated heterocycles. The van der Waals surface area contributed by atoms with Crippen LogP contribution in [-0.2, 0) is 6.61 Å². The van der Waals surface area contributed by atoms with Crippen molar-refractivity contribution in [3.8, 4) is 17.2 Å². The van der Waals surface area contributed by atoms with Gasteiger partial charge in [-0.05, 0) is 12.1 Å². The number of nitrogens with zero attached hydrogens (tertiary/aromatic N) is 2. The third-order valence-electron chi connectivity index (χ3n) is 2.61. The number of hydrogen-bond acceptors (Lipinski definition) is 8. The summed E-state index contributed by atoms with van der Waals surface area (Å²) >= 11 is 0. The van der Waals surface area contributed by atoms with Crippen molar-refractivity contribution >= 4 is 5.97 Å². The van der Waals surface area contributed by atoms with Crippen LogP contribution in [0.2, 0.25) is 0 Å². The molecule has 0 aliphatic rings. The smallest absolute Gasteiger partial charge is 0.223 e. The summed E-state index contributed by atoms with van der Waals surface area (Å²) in [6.07, 6.45) is 0. The average molecular weight is 293 g/mol. The minimum absolute atomic E-state index is 0.0225. The number of aryl methyl sites for hydroxylation is 1. The fourth-order valence-corrected chi connectivity index (χ4v) is 1.68. The molecule has 2 rings (SSSR count). The highest BCUT2D eigenvalue weighted by molar-refractivity contribution is 5.87. The zero-order valence-corrected chi connectivity index (χ0v) is 11.7. The second-order valence-electron chi connectivity index (χ2n) is 4.02. The number of carboxylic acids is 1. The molecule has 0 amide bonds. The Morgan fingerprint density at radius 3 is 2.33 bits per heavy atom. The van der Waals surface area contributed by atoms with Crippen LogP contribution in [0.5, 0.6) is 17.2 Å². The van der Waals surface area contributed by atoms with Gasteiger partial charge in [0.05, 0.1) is 20.2 Å². The summed E-state index contributed by atoms with van der Waals surface area (Å²) in [7, 11) is 2.78. The number of ether oxygens (including phenoxy) is 3. The first-order valence-electron chi connectivity index (χ1n) is 5.94. The lowest BCUT2D eigenvalue weighted by Gasteiger charge is -2.15. The van der Waals surface area contributed by atoms with Crippen LogP contribution in [0.3, 0.4) is 0 Å². The van der Waals surface area contributed by atoms with E-state index in [2.05, 4.69) is 10.1 Å². The summed E-state index contributed by atoms with van der Waals surface area (Å²) in [4.78, 5) is 14.9. The average Bonchev–Trinajstić information content (AvgIpc) is 2.89. The highest BCUT2D eigenvalue weighted by Gasteiger charge is 2.16. The van der Waals surface area contributed by atoms with Crippen LogP contribution >= 0.6 is 0 Å². The van der Waals surface area contributed by atoms with Crippen LogP contribution in [0.25, 0.3) is 0 Å². The molecule has 1 aromatic carbocycles. The molecule has 0 bridgehead atoms. The summed E-state index contributed by atoms with van der Waals surface area (Å²) in [5.74, 6) is 0.0716. The molecule has 2 aromatic rings. The molecular formula is C13H13N2O6-. The lowest BCUT2D eigenvalue weighted by Crippen LogP contribution is -2.22. The molecule has 1 aromatic heterocycles. The number of aromatic carboxylic acids is 1. The SMILES string of the molecule is COc1cc(C(=O)[O-])cc(OC)c1OCc1noc(C)n1. The van der Waals surface area contributed by atoms with E-state index in [9.17, 15) is 9.90 Å². The molecule has 8 heteroatoms. The quantitative estimate of drug-likeness (QED) is 0.750. The van der Waals surface area contributed by atoms with Gasteiger partial charge in [-0.1, -0.05) is 5.16 Å². The van der Waals surface area contributed by atoms with Gasteiger partial charge >= 0.3 is 0 Å². The van der Waals surface area contributed by atoms with Crippen LogP contribution in [-0.4, -0.2) is 30.3 Å². The zero-order valence-electron chi connectivity index (χ0n) is 11.7. The van der Waals surface area contributed by atoms with Gasteiger partial charge in [0.1, 0.15) is 0 Å². The van der Waals surface area contributed by atoms with Crippen molar-refractivity contribution in [3.05, 3.63) is 29.4 Å². The van der Waals surface area contributed by atoms with E-state index in [1.807, 2.05) is 0 Å². The molecule has 112 valence electrons. The third-order valence-corrected chi connectivity index (χ3v) is 2.61. The largest absolute Gasteiger partial charge is 0.545 e. The Morgan fingerprint density at radius 2 is 1.90 bits per heavy atom. The predicted octanol–water partition coefficient (Wildman–Crippen LogP) is 0.338. The van der Waals surface area contributed by atoms with Crippen molar-refractivity contribution in [1.82, 2.24) is 10.1 Å². The molecule has 1 heterocycles. The number of rotatable bonds is 6. The van der Waals surface area contributed by atoms with E-state index in [1.54, 1.807) is 6.92 Å². The Labute approximate surface area is 120 Å². The van der Waals surface area contributed by atoms with E-state index < -0.39 is 5.97 Å². The zero-order chi connectivity index (χ0) is 15.4. The van der Waals surface area contributed by atoms with E-state index in [4.69, 9.17) is 18.7 Å².